The summed E-state index contributed by atoms with van der Waals surface area (Å²) in [4.78, 5) is 0. The van der Waals surface area contributed by atoms with Crippen LogP contribution in [-0.4, -0.2) is 27.9 Å². The van der Waals surface area contributed by atoms with Crippen LogP contribution in [0.4, 0.5) is 0 Å². The molecule has 100 valence electrons. The molecule has 0 amide bonds. The Hall–Kier alpha value is -1.04. The lowest BCUT2D eigenvalue weighted by Crippen LogP contribution is -2.41. The molecule has 0 aromatic carbocycles. The van der Waals surface area contributed by atoms with Crippen molar-refractivity contribution in [1.29, 1.82) is 0 Å². The first-order valence-electron chi connectivity index (χ1n) is 6.29. The lowest BCUT2D eigenvalue weighted by molar-refractivity contribution is 0.00578. The molecular weight excluding hydrogens is 262 g/mol. The molecule has 0 atom stereocenters. The van der Waals surface area contributed by atoms with Gasteiger partial charge in [0.2, 0.25) is 0 Å². The molecule has 19 heavy (non-hydrogen) atoms. The van der Waals surface area contributed by atoms with Gasteiger partial charge in [-0.1, -0.05) is 11.6 Å². The summed E-state index contributed by atoms with van der Waals surface area (Å²) in [7, 11) is -0.399. The van der Waals surface area contributed by atoms with E-state index in [0.29, 0.717) is 5.02 Å². The third kappa shape index (κ3) is 1.97. The van der Waals surface area contributed by atoms with Gasteiger partial charge in [0.1, 0.15) is 0 Å². The number of halogens is 1. The molecule has 2 aromatic heterocycles. The van der Waals surface area contributed by atoms with Gasteiger partial charge in [-0.15, -0.1) is 0 Å². The van der Waals surface area contributed by atoms with Gasteiger partial charge in [-0.2, -0.15) is 5.10 Å². The molecule has 0 unspecified atom stereocenters. The topological polar surface area (TPSA) is 35.8 Å². The molecule has 1 aliphatic rings. The molecule has 1 aliphatic heterocycles. The Morgan fingerprint density at radius 1 is 1.16 bits per heavy atom. The van der Waals surface area contributed by atoms with Crippen molar-refractivity contribution in [2.45, 2.75) is 38.9 Å². The van der Waals surface area contributed by atoms with Crippen molar-refractivity contribution in [3.63, 3.8) is 0 Å². The van der Waals surface area contributed by atoms with Crippen molar-refractivity contribution in [3.8, 4) is 0 Å². The zero-order chi connectivity index (χ0) is 13.8. The summed E-state index contributed by atoms with van der Waals surface area (Å²) in [5, 5.41) is 4.94. The van der Waals surface area contributed by atoms with Gasteiger partial charge < -0.3 is 9.31 Å². The van der Waals surface area contributed by atoms with E-state index in [1.165, 1.54) is 0 Å². The molecule has 6 heteroatoms. The van der Waals surface area contributed by atoms with Gasteiger partial charge in [0.25, 0.3) is 0 Å². The maximum absolute atomic E-state index is 6.04. The number of hydrogen-bond acceptors (Lipinski definition) is 3. The molecule has 0 aliphatic carbocycles. The predicted octanol–water partition coefficient (Wildman–Crippen LogP) is 2.29. The first-order chi connectivity index (χ1) is 8.80. The van der Waals surface area contributed by atoms with Crippen molar-refractivity contribution in [3.05, 3.63) is 29.5 Å². The molecular formula is C13H16BClN2O2. The van der Waals surface area contributed by atoms with Crippen LogP contribution in [0.5, 0.6) is 0 Å². The maximum atomic E-state index is 6.04. The second-order valence-electron chi connectivity index (χ2n) is 5.87. The summed E-state index contributed by atoms with van der Waals surface area (Å²) >= 11 is 5.95. The summed E-state index contributed by atoms with van der Waals surface area (Å²) in [5.74, 6) is 0. The molecule has 0 saturated carbocycles. The van der Waals surface area contributed by atoms with E-state index in [0.717, 1.165) is 11.0 Å². The molecule has 2 aromatic rings. The van der Waals surface area contributed by atoms with Crippen LogP contribution < -0.4 is 5.46 Å². The van der Waals surface area contributed by atoms with E-state index in [-0.39, 0.29) is 11.2 Å². The monoisotopic (exact) mass is 278 g/mol. The summed E-state index contributed by atoms with van der Waals surface area (Å²) in [6, 6.07) is 3.77. The molecule has 0 spiro atoms. The average molecular weight is 279 g/mol. The summed E-state index contributed by atoms with van der Waals surface area (Å²) in [6.07, 6.45) is 3.54. The zero-order valence-corrected chi connectivity index (χ0v) is 12.2. The minimum atomic E-state index is -0.399. The van der Waals surface area contributed by atoms with E-state index < -0.39 is 7.12 Å². The Morgan fingerprint density at radius 3 is 2.42 bits per heavy atom. The third-order valence-corrected chi connectivity index (χ3v) is 4.24. The number of fused-ring (bicyclic) bond motifs is 1. The molecule has 0 radical (unpaired) electrons. The van der Waals surface area contributed by atoms with Crippen molar-refractivity contribution < 1.29 is 9.31 Å². The summed E-state index contributed by atoms with van der Waals surface area (Å²) in [6.45, 7) is 8.15. The number of rotatable bonds is 1. The smallest absolute Gasteiger partial charge is 0.399 e. The van der Waals surface area contributed by atoms with Crippen LogP contribution in [0.2, 0.25) is 5.02 Å². The quantitative estimate of drug-likeness (QED) is 0.751. The Labute approximate surface area is 117 Å². The van der Waals surface area contributed by atoms with Gasteiger partial charge in [0.05, 0.1) is 21.7 Å². The van der Waals surface area contributed by atoms with Crippen molar-refractivity contribution in [1.82, 2.24) is 9.61 Å². The van der Waals surface area contributed by atoms with Gasteiger partial charge in [-0.3, -0.25) is 0 Å². The average Bonchev–Trinajstić information content (AvgIpc) is 2.77. The third-order valence-electron chi connectivity index (χ3n) is 4.02. The standard InChI is InChI=1S/C13H16BClN2O2/c1-12(2)13(3,4)19-14(18-12)10-7-16-17-8-9(15)5-6-11(10)17/h5-8H,1-4H3. The highest BCUT2D eigenvalue weighted by molar-refractivity contribution is 6.64. The maximum Gasteiger partial charge on any atom is 0.498 e. The van der Waals surface area contributed by atoms with Crippen LogP contribution in [0.1, 0.15) is 27.7 Å². The fourth-order valence-electron chi connectivity index (χ4n) is 2.13. The van der Waals surface area contributed by atoms with E-state index >= 15 is 0 Å². The van der Waals surface area contributed by atoms with Crippen molar-refractivity contribution in [2.75, 3.05) is 0 Å². The Kier molecular flexibility index (Phi) is 2.72. The van der Waals surface area contributed by atoms with Gasteiger partial charge in [0.15, 0.2) is 0 Å². The lowest BCUT2D eigenvalue weighted by atomic mass is 9.80. The fraction of sp³-hybridized carbons (Fsp3) is 0.462. The lowest BCUT2D eigenvalue weighted by Gasteiger charge is -2.32. The number of pyridine rings is 1. The molecule has 3 rings (SSSR count). The summed E-state index contributed by atoms with van der Waals surface area (Å²) < 4.78 is 13.8. The highest BCUT2D eigenvalue weighted by Crippen LogP contribution is 2.36. The van der Waals surface area contributed by atoms with Crippen LogP contribution in [0.25, 0.3) is 5.52 Å². The van der Waals surface area contributed by atoms with Crippen LogP contribution in [-0.2, 0) is 9.31 Å². The highest BCUT2D eigenvalue weighted by atomic mass is 35.5. The van der Waals surface area contributed by atoms with Crippen LogP contribution in [0.15, 0.2) is 24.5 Å². The molecule has 4 nitrogen and oxygen atoms in total. The SMILES string of the molecule is CC1(C)OB(c2cnn3cc(Cl)ccc23)OC1(C)C. The molecule has 1 saturated heterocycles. The minimum Gasteiger partial charge on any atom is -0.399 e. The fourth-order valence-corrected chi connectivity index (χ4v) is 2.29. The second-order valence-corrected chi connectivity index (χ2v) is 6.30. The van der Waals surface area contributed by atoms with Gasteiger partial charge in [-0.05, 0) is 39.8 Å². The van der Waals surface area contributed by atoms with E-state index in [1.54, 1.807) is 16.9 Å². The van der Waals surface area contributed by atoms with Crippen LogP contribution in [0.3, 0.4) is 0 Å². The van der Waals surface area contributed by atoms with E-state index in [4.69, 9.17) is 20.9 Å². The second kappa shape index (κ2) is 3.98. The largest absolute Gasteiger partial charge is 0.498 e. The van der Waals surface area contributed by atoms with Gasteiger partial charge >= 0.3 is 7.12 Å². The van der Waals surface area contributed by atoms with Crippen molar-refractivity contribution >= 4 is 29.7 Å². The number of nitrogens with zero attached hydrogens (tertiary/aromatic N) is 2. The Bertz CT molecular complexity index is 623. The van der Waals surface area contributed by atoms with Crippen LogP contribution in [0, 0.1) is 0 Å². The van der Waals surface area contributed by atoms with E-state index in [2.05, 4.69) is 5.10 Å². The number of aromatic nitrogens is 2. The van der Waals surface area contributed by atoms with Gasteiger partial charge in [0, 0.05) is 17.9 Å². The minimum absolute atomic E-state index is 0.349. The molecule has 0 bridgehead atoms. The van der Waals surface area contributed by atoms with Crippen LogP contribution >= 0.6 is 11.6 Å². The first-order valence-corrected chi connectivity index (χ1v) is 6.66. The highest BCUT2D eigenvalue weighted by Gasteiger charge is 2.52. The van der Waals surface area contributed by atoms with E-state index in [9.17, 15) is 0 Å². The normalized spacial score (nSPS) is 21.2. The summed E-state index contributed by atoms with van der Waals surface area (Å²) in [5.41, 5.74) is 1.18. The van der Waals surface area contributed by atoms with Gasteiger partial charge in [-0.25, -0.2) is 4.52 Å². The number of hydrogen-bond donors (Lipinski definition) is 0. The first kappa shape index (κ1) is 13.0. The molecule has 3 heterocycles. The molecule has 1 fully saturated rings. The molecule has 0 N–H and O–H groups in total. The zero-order valence-electron chi connectivity index (χ0n) is 11.5. The van der Waals surface area contributed by atoms with Crippen molar-refractivity contribution in [2.24, 2.45) is 0 Å². The van der Waals surface area contributed by atoms with E-state index in [1.807, 2.05) is 39.8 Å². The predicted molar refractivity (Wildman–Crippen MR) is 75.9 cm³/mol. The Morgan fingerprint density at radius 2 is 1.79 bits per heavy atom. The Balaban J connectivity index is 2.03.